The van der Waals surface area contributed by atoms with Gasteiger partial charge in [0.25, 0.3) is 0 Å². The van der Waals surface area contributed by atoms with Gasteiger partial charge in [-0.1, -0.05) is 12.1 Å². The van der Waals surface area contributed by atoms with E-state index in [0.29, 0.717) is 6.42 Å². The number of benzene rings is 1. The minimum absolute atomic E-state index is 0.157. The highest BCUT2D eigenvalue weighted by molar-refractivity contribution is 7.19. The molecule has 21 heavy (non-hydrogen) atoms. The Balaban J connectivity index is 1.73. The van der Waals surface area contributed by atoms with Gasteiger partial charge in [0, 0.05) is 10.1 Å². The molecule has 2 aliphatic heterocycles. The van der Waals surface area contributed by atoms with Gasteiger partial charge in [-0.05, 0) is 24.6 Å². The van der Waals surface area contributed by atoms with Crippen LogP contribution in [0.4, 0.5) is 0 Å². The van der Waals surface area contributed by atoms with Gasteiger partial charge in [-0.2, -0.15) is 0 Å². The van der Waals surface area contributed by atoms with Crippen LogP contribution in [-0.2, 0) is 14.3 Å². The Hall–Kier alpha value is -2.14. The average Bonchev–Trinajstić information content (AvgIpc) is 3.09. The van der Waals surface area contributed by atoms with E-state index in [-0.39, 0.29) is 11.8 Å². The van der Waals surface area contributed by atoms with Crippen LogP contribution < -0.4 is 4.74 Å². The number of hydrogen-bond donors (Lipinski definition) is 0. The summed E-state index contributed by atoms with van der Waals surface area (Å²) < 4.78 is 12.0. The van der Waals surface area contributed by atoms with Gasteiger partial charge in [-0.25, -0.2) is 0 Å². The van der Waals surface area contributed by atoms with E-state index in [2.05, 4.69) is 0 Å². The lowest BCUT2D eigenvalue weighted by Crippen LogP contribution is -2.28. The number of carbonyl (C=O) groups excluding carboxylic acids is 2. The number of rotatable bonds is 0. The molecule has 0 amide bonds. The van der Waals surface area contributed by atoms with Crippen LogP contribution in [0.5, 0.6) is 5.75 Å². The molecule has 1 aliphatic carbocycles. The van der Waals surface area contributed by atoms with E-state index in [1.54, 1.807) is 11.3 Å². The van der Waals surface area contributed by atoms with Crippen LogP contribution in [0.2, 0.25) is 0 Å². The van der Waals surface area contributed by atoms with E-state index in [4.69, 9.17) is 9.47 Å². The molecule has 3 atom stereocenters. The molecule has 4 nitrogen and oxygen atoms in total. The third-order valence-electron chi connectivity index (χ3n) is 4.53. The number of esters is 2. The van der Waals surface area contributed by atoms with E-state index in [9.17, 15) is 9.59 Å². The zero-order valence-electron chi connectivity index (χ0n) is 10.9. The van der Waals surface area contributed by atoms with E-state index in [1.807, 2.05) is 30.3 Å². The summed E-state index contributed by atoms with van der Waals surface area (Å²) in [7, 11) is 0. The predicted molar refractivity (Wildman–Crippen MR) is 76.0 cm³/mol. The zero-order valence-corrected chi connectivity index (χ0v) is 11.7. The SMILES string of the molecule is O=C1OC(=O)[C@H]2CC=C3Oc4c(sc5ccccc45)[C@H]3[C@@H]12. The van der Waals surface area contributed by atoms with Crippen LogP contribution in [0.15, 0.2) is 36.1 Å². The molecule has 2 aromatic rings. The lowest BCUT2D eigenvalue weighted by Gasteiger charge is -2.23. The van der Waals surface area contributed by atoms with Crippen LogP contribution >= 0.6 is 11.3 Å². The van der Waals surface area contributed by atoms with Gasteiger partial charge in [0.2, 0.25) is 0 Å². The van der Waals surface area contributed by atoms with Gasteiger partial charge in [-0.15, -0.1) is 11.3 Å². The summed E-state index contributed by atoms with van der Waals surface area (Å²) in [5.41, 5.74) is 0. The van der Waals surface area contributed by atoms with Crippen LogP contribution in [0, 0.1) is 11.8 Å². The second-order valence-corrected chi connectivity index (χ2v) is 6.67. The van der Waals surface area contributed by atoms with E-state index >= 15 is 0 Å². The zero-order chi connectivity index (χ0) is 14.1. The van der Waals surface area contributed by atoms with E-state index in [1.165, 1.54) is 0 Å². The number of fused-ring (bicyclic) bond motifs is 7. The van der Waals surface area contributed by atoms with Crippen molar-refractivity contribution in [3.63, 3.8) is 0 Å². The Labute approximate surface area is 124 Å². The number of thiophene rings is 1. The van der Waals surface area contributed by atoms with Crippen molar-refractivity contribution in [1.29, 1.82) is 0 Å². The first-order chi connectivity index (χ1) is 10.2. The molecule has 104 valence electrons. The highest BCUT2D eigenvalue weighted by Gasteiger charge is 2.55. The first-order valence-electron chi connectivity index (χ1n) is 6.89. The molecule has 0 saturated carbocycles. The van der Waals surface area contributed by atoms with Crippen molar-refractivity contribution in [3.8, 4) is 5.75 Å². The highest BCUT2D eigenvalue weighted by Crippen LogP contribution is 2.57. The van der Waals surface area contributed by atoms with Crippen molar-refractivity contribution < 1.29 is 19.1 Å². The van der Waals surface area contributed by atoms with E-state index in [0.717, 1.165) is 26.5 Å². The fourth-order valence-corrected chi connectivity index (χ4v) is 4.87. The molecule has 5 heteroatoms. The molecule has 0 unspecified atom stereocenters. The Morgan fingerprint density at radius 1 is 1.10 bits per heavy atom. The molecule has 0 bridgehead atoms. The highest BCUT2D eigenvalue weighted by atomic mass is 32.1. The summed E-state index contributed by atoms with van der Waals surface area (Å²) in [5.74, 6) is -0.0909. The van der Waals surface area contributed by atoms with Crippen molar-refractivity contribution in [2.45, 2.75) is 12.3 Å². The molecule has 1 fully saturated rings. The third-order valence-corrected chi connectivity index (χ3v) is 5.76. The van der Waals surface area contributed by atoms with Crippen LogP contribution in [0.1, 0.15) is 17.2 Å². The number of carbonyl (C=O) groups is 2. The maximum Gasteiger partial charge on any atom is 0.318 e. The fourth-order valence-electron chi connectivity index (χ4n) is 3.58. The van der Waals surface area contributed by atoms with Crippen molar-refractivity contribution in [2.24, 2.45) is 11.8 Å². The number of ether oxygens (including phenoxy) is 2. The smallest absolute Gasteiger partial charge is 0.318 e. The monoisotopic (exact) mass is 298 g/mol. The lowest BCUT2D eigenvalue weighted by atomic mass is 9.76. The molecule has 0 N–H and O–H groups in total. The minimum atomic E-state index is -0.424. The quantitative estimate of drug-likeness (QED) is 0.554. The summed E-state index contributed by atoms with van der Waals surface area (Å²) >= 11 is 1.64. The van der Waals surface area contributed by atoms with Crippen LogP contribution in [0.25, 0.3) is 10.1 Å². The predicted octanol–water partition coefficient (Wildman–Crippen LogP) is 2.98. The minimum Gasteiger partial charge on any atom is -0.460 e. The number of cyclic esters (lactones) is 2. The van der Waals surface area contributed by atoms with Gasteiger partial charge in [-0.3, -0.25) is 9.59 Å². The van der Waals surface area contributed by atoms with Crippen molar-refractivity contribution in [2.75, 3.05) is 0 Å². The molecule has 1 saturated heterocycles. The van der Waals surface area contributed by atoms with Crippen molar-refractivity contribution in [1.82, 2.24) is 0 Å². The number of allylic oxidation sites excluding steroid dienone is 2. The second kappa shape index (κ2) is 3.74. The molecule has 3 heterocycles. The first-order valence-corrected chi connectivity index (χ1v) is 7.70. The normalized spacial score (nSPS) is 29.5. The van der Waals surface area contributed by atoms with Crippen molar-refractivity contribution >= 4 is 33.4 Å². The Bertz CT molecular complexity index is 847. The summed E-state index contributed by atoms with van der Waals surface area (Å²) in [6.45, 7) is 0. The maximum absolute atomic E-state index is 12.1. The Morgan fingerprint density at radius 2 is 1.95 bits per heavy atom. The largest absolute Gasteiger partial charge is 0.460 e. The molecule has 0 spiro atoms. The van der Waals surface area contributed by atoms with Crippen molar-refractivity contribution in [3.05, 3.63) is 41.0 Å². The lowest BCUT2D eigenvalue weighted by molar-refractivity contribution is -0.153. The van der Waals surface area contributed by atoms with Crippen LogP contribution in [0.3, 0.4) is 0 Å². The van der Waals surface area contributed by atoms with E-state index < -0.39 is 17.9 Å². The molecular weight excluding hydrogens is 288 g/mol. The topological polar surface area (TPSA) is 52.6 Å². The summed E-state index contributed by atoms with van der Waals surface area (Å²) in [6, 6.07) is 8.04. The van der Waals surface area contributed by atoms with Gasteiger partial charge < -0.3 is 9.47 Å². The molecule has 3 aliphatic rings. The standard InChI is InChI=1S/C16H10O4S/c17-15-8-5-6-9-12(11(8)16(18)20-15)14-13(19-9)7-3-1-2-4-10(7)21-14/h1-4,6,8,11-12H,5H2/t8-,11-,12+/m0/s1. The maximum atomic E-state index is 12.1. The van der Waals surface area contributed by atoms with Gasteiger partial charge in [0.1, 0.15) is 11.5 Å². The molecule has 1 aromatic heterocycles. The number of hydrogen-bond acceptors (Lipinski definition) is 5. The summed E-state index contributed by atoms with van der Waals surface area (Å²) in [4.78, 5) is 24.9. The van der Waals surface area contributed by atoms with Gasteiger partial charge in [0.05, 0.1) is 22.6 Å². The molecular formula is C16H10O4S. The Morgan fingerprint density at radius 3 is 2.86 bits per heavy atom. The summed E-state index contributed by atoms with van der Waals surface area (Å²) in [6.07, 6.45) is 2.46. The second-order valence-electron chi connectivity index (χ2n) is 5.59. The average molecular weight is 298 g/mol. The molecule has 5 rings (SSSR count). The van der Waals surface area contributed by atoms with Gasteiger partial charge >= 0.3 is 11.9 Å². The fraction of sp³-hybridized carbons (Fsp3) is 0.250. The van der Waals surface area contributed by atoms with Crippen LogP contribution in [-0.4, -0.2) is 11.9 Å². The van der Waals surface area contributed by atoms with Gasteiger partial charge in [0.15, 0.2) is 0 Å². The first kappa shape index (κ1) is 11.5. The molecule has 1 aromatic carbocycles. The Kier molecular flexibility index (Phi) is 2.05. The molecule has 0 radical (unpaired) electrons. The summed E-state index contributed by atoms with van der Waals surface area (Å²) in [5, 5.41) is 1.07. The third kappa shape index (κ3) is 1.34.